The molecule has 0 amide bonds. The molecule has 3 aromatic rings. The number of carbonyl (C=O) groups excluding carboxylic acids is 1. The summed E-state index contributed by atoms with van der Waals surface area (Å²) in [4.78, 5) is 22.8. The van der Waals surface area contributed by atoms with Gasteiger partial charge in [0.2, 0.25) is 5.78 Å². The molecule has 1 aliphatic rings. The number of nitrogens with one attached hydrogen (secondary N) is 1. The fourth-order valence-corrected chi connectivity index (χ4v) is 6.09. The maximum absolute atomic E-state index is 13.6. The molecule has 5 N–H and O–H groups in total. The number of ketones is 1. The second-order valence-corrected chi connectivity index (χ2v) is 11.7. The molecule has 4 rings (SSSR count). The highest BCUT2D eigenvalue weighted by Crippen LogP contribution is 2.35. The number of hydrogen-bond acceptors (Lipinski definition) is 11. The minimum absolute atomic E-state index is 0.198. The maximum atomic E-state index is 13.6. The lowest BCUT2D eigenvalue weighted by atomic mass is 10.0. The van der Waals surface area contributed by atoms with Gasteiger partial charge in [-0.05, 0) is 36.6 Å². The van der Waals surface area contributed by atoms with E-state index in [0.717, 1.165) is 0 Å². The molecule has 1 unspecified atom stereocenters. The third-order valence-electron chi connectivity index (χ3n) is 6.20. The molecule has 2 aromatic heterocycles. The van der Waals surface area contributed by atoms with Crippen molar-refractivity contribution in [1.82, 2.24) is 9.97 Å². The zero-order chi connectivity index (χ0) is 27.4. The Morgan fingerprint density at radius 1 is 1.34 bits per heavy atom. The Labute approximate surface area is 228 Å². The van der Waals surface area contributed by atoms with Crippen LogP contribution in [0.5, 0.6) is 0 Å². The van der Waals surface area contributed by atoms with E-state index in [1.165, 1.54) is 31.0 Å². The van der Waals surface area contributed by atoms with Crippen molar-refractivity contribution in [3.8, 4) is 0 Å². The van der Waals surface area contributed by atoms with Crippen molar-refractivity contribution in [3.05, 3.63) is 74.3 Å². The van der Waals surface area contributed by atoms with Crippen LogP contribution in [0.2, 0.25) is 5.02 Å². The zero-order valence-corrected chi connectivity index (χ0v) is 22.7. The van der Waals surface area contributed by atoms with Crippen LogP contribution in [0.3, 0.4) is 0 Å². The van der Waals surface area contributed by atoms with Crippen molar-refractivity contribution in [3.63, 3.8) is 0 Å². The summed E-state index contributed by atoms with van der Waals surface area (Å²) in [6, 6.07) is 8.18. The van der Waals surface area contributed by atoms with E-state index in [1.54, 1.807) is 30.3 Å². The second-order valence-electron chi connectivity index (χ2n) is 8.91. The highest BCUT2D eigenvalue weighted by Gasteiger charge is 2.35. The molecule has 1 fully saturated rings. The Balaban J connectivity index is 1.55. The van der Waals surface area contributed by atoms with Crippen molar-refractivity contribution in [2.45, 2.75) is 37.7 Å². The number of methoxy groups -OCH3 is 1. The first kappa shape index (κ1) is 28.5. The number of aromatic nitrogens is 2. The highest BCUT2D eigenvalue weighted by molar-refractivity contribution is 7.84. The van der Waals surface area contributed by atoms with Crippen LogP contribution >= 0.6 is 22.9 Å². The smallest absolute Gasteiger partial charge is 0.333 e. The average Bonchev–Trinajstić information content (AvgIpc) is 3.45. The van der Waals surface area contributed by atoms with E-state index in [9.17, 15) is 23.4 Å². The van der Waals surface area contributed by atoms with Crippen LogP contribution in [0.4, 0.5) is 5.82 Å². The van der Waals surface area contributed by atoms with E-state index in [1.807, 2.05) is 0 Å². The molecule has 11 nitrogen and oxygen atoms in total. The van der Waals surface area contributed by atoms with Gasteiger partial charge in [-0.15, -0.1) is 11.3 Å². The normalized spacial score (nSPS) is 20.4. The number of ether oxygens (including phenoxy) is 1. The zero-order valence-electron chi connectivity index (χ0n) is 20.3. The number of aliphatic hydroxyl groups excluding tert-OH is 2. The SMILES string of the molecule is COCc1sc(C(=O)c2cncnc2N[C@@H]2C[C@H](COS(N)(=O)=O)[C@@H](O)C2)cc1C(O)c1cccc(Cl)c1. The van der Waals surface area contributed by atoms with Crippen molar-refractivity contribution < 1.29 is 32.3 Å². The number of benzene rings is 1. The fourth-order valence-electron chi connectivity index (χ4n) is 4.41. The molecule has 14 heteroatoms. The fraction of sp³-hybridized carbons (Fsp3) is 0.375. The van der Waals surface area contributed by atoms with Gasteiger partial charge in [0, 0.05) is 40.7 Å². The van der Waals surface area contributed by atoms with Gasteiger partial charge in [0.25, 0.3) is 0 Å². The number of thiophene rings is 1. The standard InChI is InChI=1S/C24H27ClN4O7S2/c1-35-11-21-17(22(31)13-3-2-4-15(25)5-13)8-20(37-21)23(32)18-9-27-12-28-24(18)29-16-6-14(19(30)7-16)10-36-38(26,33)34/h2-5,8-9,12,14,16,19,22,30-31H,6-7,10-11H2,1H3,(H2,26,33,34)(H,27,28,29)/t14-,16-,19+,22?/m1/s1. The Morgan fingerprint density at radius 3 is 2.84 bits per heavy atom. The number of nitrogens with two attached hydrogens (primary N) is 1. The summed E-state index contributed by atoms with van der Waals surface area (Å²) in [5.74, 6) is -0.544. The van der Waals surface area contributed by atoms with Gasteiger partial charge in [0.1, 0.15) is 18.2 Å². The van der Waals surface area contributed by atoms with E-state index < -0.39 is 28.4 Å². The molecular weight excluding hydrogens is 556 g/mol. The van der Waals surface area contributed by atoms with E-state index in [2.05, 4.69) is 19.5 Å². The molecule has 2 heterocycles. The topological polar surface area (TPSA) is 174 Å². The minimum atomic E-state index is -4.12. The van der Waals surface area contributed by atoms with Gasteiger partial charge in [-0.3, -0.25) is 8.98 Å². The van der Waals surface area contributed by atoms with Gasteiger partial charge < -0.3 is 20.3 Å². The van der Waals surface area contributed by atoms with E-state index >= 15 is 0 Å². The first-order chi connectivity index (χ1) is 18.1. The Morgan fingerprint density at radius 2 is 2.13 bits per heavy atom. The van der Waals surface area contributed by atoms with Gasteiger partial charge in [-0.25, -0.2) is 15.1 Å². The number of hydrogen-bond donors (Lipinski definition) is 4. The molecule has 1 saturated carbocycles. The van der Waals surface area contributed by atoms with Crippen LogP contribution in [0.25, 0.3) is 0 Å². The molecule has 0 saturated heterocycles. The van der Waals surface area contributed by atoms with E-state index in [4.69, 9.17) is 21.5 Å². The van der Waals surface area contributed by atoms with Gasteiger partial charge in [-0.1, -0.05) is 23.7 Å². The van der Waals surface area contributed by atoms with Gasteiger partial charge in [0.05, 0.1) is 29.8 Å². The highest BCUT2D eigenvalue weighted by atomic mass is 35.5. The number of carbonyl (C=O) groups is 1. The molecule has 0 radical (unpaired) electrons. The third kappa shape index (κ3) is 6.93. The number of rotatable bonds is 11. The molecule has 1 aromatic carbocycles. The molecular formula is C24H27ClN4O7S2. The van der Waals surface area contributed by atoms with Crippen molar-refractivity contribution in [1.29, 1.82) is 0 Å². The Kier molecular flexibility index (Phi) is 9.11. The Bertz CT molecular complexity index is 1400. The van der Waals surface area contributed by atoms with Crippen LogP contribution in [0, 0.1) is 5.92 Å². The average molecular weight is 583 g/mol. The summed E-state index contributed by atoms with van der Waals surface area (Å²) in [7, 11) is -2.59. The summed E-state index contributed by atoms with van der Waals surface area (Å²) < 4.78 is 32.1. The number of anilines is 1. The van der Waals surface area contributed by atoms with Crippen molar-refractivity contribution in [2.75, 3.05) is 19.0 Å². The number of nitrogens with zero attached hydrogens (tertiary/aromatic N) is 2. The largest absolute Gasteiger partial charge is 0.393 e. The lowest BCUT2D eigenvalue weighted by molar-refractivity contribution is 0.101. The molecule has 1 aliphatic carbocycles. The van der Waals surface area contributed by atoms with Crippen LogP contribution in [-0.4, -0.2) is 60.2 Å². The summed E-state index contributed by atoms with van der Waals surface area (Å²) in [5, 5.41) is 29.9. The molecule has 4 atom stereocenters. The quantitative estimate of drug-likeness (QED) is 0.246. The predicted molar refractivity (Wildman–Crippen MR) is 141 cm³/mol. The number of halogens is 1. The van der Waals surface area contributed by atoms with Crippen LogP contribution < -0.4 is 10.5 Å². The van der Waals surface area contributed by atoms with Crippen LogP contribution in [-0.2, 0) is 25.8 Å². The molecule has 0 spiro atoms. The van der Waals surface area contributed by atoms with Crippen molar-refractivity contribution in [2.24, 2.45) is 11.1 Å². The van der Waals surface area contributed by atoms with Gasteiger partial charge in [0.15, 0.2) is 0 Å². The van der Waals surface area contributed by atoms with Gasteiger partial charge >= 0.3 is 10.3 Å². The van der Waals surface area contributed by atoms with Crippen LogP contribution in [0.1, 0.15) is 50.2 Å². The molecule has 204 valence electrons. The number of aliphatic hydroxyl groups is 2. The first-order valence-electron chi connectivity index (χ1n) is 11.6. The molecule has 0 bridgehead atoms. The maximum Gasteiger partial charge on any atom is 0.333 e. The lowest BCUT2D eigenvalue weighted by Gasteiger charge is -2.15. The van der Waals surface area contributed by atoms with Crippen LogP contribution in [0.15, 0.2) is 42.9 Å². The Hall–Kier alpha value is -2.49. The van der Waals surface area contributed by atoms with Gasteiger partial charge in [-0.2, -0.15) is 8.42 Å². The molecule has 38 heavy (non-hydrogen) atoms. The van der Waals surface area contributed by atoms with Crippen molar-refractivity contribution >= 4 is 44.8 Å². The summed E-state index contributed by atoms with van der Waals surface area (Å²) in [6.45, 7) is -0.0494. The summed E-state index contributed by atoms with van der Waals surface area (Å²) >= 11 is 7.29. The summed E-state index contributed by atoms with van der Waals surface area (Å²) in [5.41, 5.74) is 1.32. The monoisotopic (exact) mass is 582 g/mol. The first-order valence-corrected chi connectivity index (χ1v) is 14.2. The summed E-state index contributed by atoms with van der Waals surface area (Å²) in [6.07, 6.45) is 1.53. The van der Waals surface area contributed by atoms with E-state index in [0.29, 0.717) is 38.7 Å². The molecule has 0 aliphatic heterocycles. The van der Waals surface area contributed by atoms with E-state index in [-0.39, 0.29) is 36.4 Å². The second kappa shape index (κ2) is 12.1. The third-order valence-corrected chi connectivity index (χ3v) is 8.02. The lowest BCUT2D eigenvalue weighted by Crippen LogP contribution is -2.24. The minimum Gasteiger partial charge on any atom is -0.393 e. The predicted octanol–water partition coefficient (Wildman–Crippen LogP) is 2.42.